The predicted molar refractivity (Wildman–Crippen MR) is 91.2 cm³/mol. The summed E-state index contributed by atoms with van der Waals surface area (Å²) in [5, 5.41) is 5.50. The minimum Gasteiger partial charge on any atom is -0.310 e. The largest absolute Gasteiger partial charge is 0.310 e. The van der Waals surface area contributed by atoms with Gasteiger partial charge in [0.1, 0.15) is 0 Å². The molecule has 0 bridgehead atoms. The summed E-state index contributed by atoms with van der Waals surface area (Å²) in [6.07, 6.45) is 0.956. The van der Waals surface area contributed by atoms with Crippen molar-refractivity contribution in [3.63, 3.8) is 0 Å². The number of hydrogen-bond acceptors (Lipinski definition) is 3. The first kappa shape index (κ1) is 14.5. The first-order chi connectivity index (χ1) is 10.2. The Hall–Kier alpha value is -1.42. The summed E-state index contributed by atoms with van der Waals surface area (Å²) >= 11 is 7.69. The molecule has 1 aromatic heterocycles. The van der Waals surface area contributed by atoms with Gasteiger partial charge in [-0.3, -0.25) is 0 Å². The van der Waals surface area contributed by atoms with Gasteiger partial charge >= 0.3 is 0 Å². The van der Waals surface area contributed by atoms with Crippen molar-refractivity contribution >= 4 is 33.2 Å². The van der Waals surface area contributed by atoms with Crippen molar-refractivity contribution in [1.82, 2.24) is 10.3 Å². The topological polar surface area (TPSA) is 24.9 Å². The highest BCUT2D eigenvalue weighted by Crippen LogP contribution is 2.22. The van der Waals surface area contributed by atoms with Gasteiger partial charge in [0.05, 0.1) is 15.2 Å². The molecule has 4 heteroatoms. The van der Waals surface area contributed by atoms with E-state index >= 15 is 0 Å². The molecule has 1 unspecified atom stereocenters. The zero-order valence-corrected chi connectivity index (χ0v) is 13.4. The Kier molecular flexibility index (Phi) is 4.54. The maximum Gasteiger partial charge on any atom is 0.0951 e. The van der Waals surface area contributed by atoms with Gasteiger partial charge in [0.2, 0.25) is 0 Å². The number of rotatable bonds is 5. The first-order valence-electron chi connectivity index (χ1n) is 7.05. The molecule has 1 atom stereocenters. The van der Waals surface area contributed by atoms with Gasteiger partial charge < -0.3 is 5.32 Å². The summed E-state index contributed by atoms with van der Waals surface area (Å²) < 4.78 is 1.26. The number of hydrogen-bond donors (Lipinski definition) is 1. The van der Waals surface area contributed by atoms with Gasteiger partial charge in [-0.2, -0.15) is 0 Å². The van der Waals surface area contributed by atoms with Crippen LogP contribution >= 0.6 is 22.9 Å². The van der Waals surface area contributed by atoms with Crippen LogP contribution in [-0.4, -0.2) is 11.5 Å². The predicted octanol–water partition coefficient (Wildman–Crippen LogP) is 4.84. The molecular weight excluding hydrogens is 300 g/mol. The SMILES string of the molecule is CC(NCCc1nc2ccccc2s1)c1ccc(Cl)cc1. The van der Waals surface area contributed by atoms with E-state index in [2.05, 4.69) is 47.6 Å². The molecule has 0 radical (unpaired) electrons. The highest BCUT2D eigenvalue weighted by molar-refractivity contribution is 7.18. The van der Waals surface area contributed by atoms with Crippen molar-refractivity contribution in [2.75, 3.05) is 6.54 Å². The Morgan fingerprint density at radius 3 is 2.67 bits per heavy atom. The fraction of sp³-hybridized carbons (Fsp3) is 0.235. The molecule has 3 rings (SSSR count). The van der Waals surface area contributed by atoms with E-state index < -0.39 is 0 Å². The van der Waals surface area contributed by atoms with Crippen molar-refractivity contribution in [3.8, 4) is 0 Å². The number of para-hydroxylation sites is 1. The molecule has 2 aromatic carbocycles. The number of aromatic nitrogens is 1. The highest BCUT2D eigenvalue weighted by atomic mass is 35.5. The van der Waals surface area contributed by atoms with E-state index in [0.717, 1.165) is 23.5 Å². The van der Waals surface area contributed by atoms with E-state index in [1.54, 1.807) is 11.3 Å². The van der Waals surface area contributed by atoms with E-state index in [0.29, 0.717) is 6.04 Å². The van der Waals surface area contributed by atoms with E-state index in [1.807, 2.05) is 18.2 Å². The Labute approximate surface area is 133 Å². The van der Waals surface area contributed by atoms with Gasteiger partial charge in [-0.05, 0) is 36.8 Å². The monoisotopic (exact) mass is 316 g/mol. The summed E-state index contributed by atoms with van der Waals surface area (Å²) in [5.41, 5.74) is 2.35. The number of halogens is 1. The molecule has 3 aromatic rings. The number of benzene rings is 2. The van der Waals surface area contributed by atoms with E-state index in [1.165, 1.54) is 15.3 Å². The smallest absolute Gasteiger partial charge is 0.0951 e. The van der Waals surface area contributed by atoms with Crippen LogP contribution in [0.3, 0.4) is 0 Å². The van der Waals surface area contributed by atoms with Crippen molar-refractivity contribution in [3.05, 3.63) is 64.1 Å². The van der Waals surface area contributed by atoms with Crippen LogP contribution in [0.15, 0.2) is 48.5 Å². The third kappa shape index (κ3) is 3.62. The molecule has 0 amide bonds. The molecule has 0 aliphatic heterocycles. The highest BCUT2D eigenvalue weighted by Gasteiger charge is 2.06. The second-order valence-electron chi connectivity index (χ2n) is 5.05. The van der Waals surface area contributed by atoms with Crippen LogP contribution in [0.5, 0.6) is 0 Å². The van der Waals surface area contributed by atoms with Crippen LogP contribution in [0.4, 0.5) is 0 Å². The molecule has 2 nitrogen and oxygen atoms in total. The van der Waals surface area contributed by atoms with E-state index in [9.17, 15) is 0 Å². The molecule has 0 saturated heterocycles. The van der Waals surface area contributed by atoms with Crippen molar-refractivity contribution in [2.24, 2.45) is 0 Å². The van der Waals surface area contributed by atoms with Crippen LogP contribution in [0.1, 0.15) is 23.5 Å². The normalized spacial score (nSPS) is 12.7. The Bertz CT molecular complexity index is 688. The summed E-state index contributed by atoms with van der Waals surface area (Å²) in [5.74, 6) is 0. The molecule has 0 aliphatic rings. The van der Waals surface area contributed by atoms with Crippen LogP contribution in [0.2, 0.25) is 5.02 Å². The lowest BCUT2D eigenvalue weighted by Gasteiger charge is -2.13. The maximum atomic E-state index is 5.91. The lowest BCUT2D eigenvalue weighted by Crippen LogP contribution is -2.21. The second kappa shape index (κ2) is 6.56. The van der Waals surface area contributed by atoms with Gasteiger partial charge in [0, 0.05) is 24.0 Å². The molecular formula is C17H17ClN2S. The molecule has 0 aliphatic carbocycles. The summed E-state index contributed by atoms with van der Waals surface area (Å²) in [7, 11) is 0. The number of thiazole rings is 1. The van der Waals surface area contributed by atoms with E-state index in [4.69, 9.17) is 11.6 Å². The van der Waals surface area contributed by atoms with E-state index in [-0.39, 0.29) is 0 Å². The minimum absolute atomic E-state index is 0.316. The van der Waals surface area contributed by atoms with Crippen molar-refractivity contribution < 1.29 is 0 Å². The van der Waals surface area contributed by atoms with Crippen LogP contribution < -0.4 is 5.32 Å². The van der Waals surface area contributed by atoms with Gasteiger partial charge in [0.15, 0.2) is 0 Å². The minimum atomic E-state index is 0.316. The number of nitrogens with zero attached hydrogens (tertiary/aromatic N) is 1. The quantitative estimate of drug-likeness (QED) is 0.728. The van der Waals surface area contributed by atoms with Crippen LogP contribution in [0.25, 0.3) is 10.2 Å². The van der Waals surface area contributed by atoms with Gasteiger partial charge in [-0.1, -0.05) is 35.9 Å². The fourth-order valence-electron chi connectivity index (χ4n) is 2.29. The van der Waals surface area contributed by atoms with Crippen molar-refractivity contribution in [1.29, 1.82) is 0 Å². The average Bonchev–Trinajstić information content (AvgIpc) is 2.90. The number of nitrogens with one attached hydrogen (secondary N) is 1. The molecule has 108 valence electrons. The van der Waals surface area contributed by atoms with Crippen LogP contribution in [-0.2, 0) is 6.42 Å². The average molecular weight is 317 g/mol. The van der Waals surface area contributed by atoms with Crippen LogP contribution in [0, 0.1) is 0 Å². The molecule has 21 heavy (non-hydrogen) atoms. The maximum absolute atomic E-state index is 5.91. The summed E-state index contributed by atoms with van der Waals surface area (Å²) in [4.78, 5) is 4.65. The van der Waals surface area contributed by atoms with Gasteiger partial charge in [0.25, 0.3) is 0 Å². The third-order valence-electron chi connectivity index (χ3n) is 3.50. The lowest BCUT2D eigenvalue weighted by molar-refractivity contribution is 0.576. The fourth-order valence-corrected chi connectivity index (χ4v) is 3.38. The Morgan fingerprint density at radius 1 is 1.14 bits per heavy atom. The third-order valence-corrected chi connectivity index (χ3v) is 4.85. The zero-order chi connectivity index (χ0) is 14.7. The summed E-state index contributed by atoms with van der Waals surface area (Å²) in [6.45, 7) is 3.09. The van der Waals surface area contributed by atoms with Gasteiger partial charge in [-0.15, -0.1) is 11.3 Å². The second-order valence-corrected chi connectivity index (χ2v) is 6.60. The Balaban J connectivity index is 1.56. The molecule has 0 spiro atoms. The summed E-state index contributed by atoms with van der Waals surface area (Å²) in [6, 6.07) is 16.6. The molecule has 1 N–H and O–H groups in total. The number of fused-ring (bicyclic) bond motifs is 1. The molecule has 0 saturated carbocycles. The zero-order valence-electron chi connectivity index (χ0n) is 11.8. The first-order valence-corrected chi connectivity index (χ1v) is 8.25. The lowest BCUT2D eigenvalue weighted by atomic mass is 10.1. The molecule has 0 fully saturated rings. The van der Waals surface area contributed by atoms with Gasteiger partial charge in [-0.25, -0.2) is 4.98 Å². The molecule has 1 heterocycles. The standard InChI is InChI=1S/C17H17ClN2S/c1-12(13-6-8-14(18)9-7-13)19-11-10-17-20-15-4-2-3-5-16(15)21-17/h2-9,12,19H,10-11H2,1H3. The van der Waals surface area contributed by atoms with Crippen molar-refractivity contribution in [2.45, 2.75) is 19.4 Å². The Morgan fingerprint density at radius 2 is 1.90 bits per heavy atom.